The molecule has 2 N–H and O–H groups in total. The second kappa shape index (κ2) is 9.03. The van der Waals surface area contributed by atoms with Gasteiger partial charge >= 0.3 is 0 Å². The molecule has 2 aliphatic heterocycles. The van der Waals surface area contributed by atoms with Crippen LogP contribution in [0, 0.1) is 36.3 Å². The number of fused-ring (bicyclic) bond motifs is 3. The minimum Gasteiger partial charge on any atom is -0.373 e. The molecule has 0 spiro atoms. The van der Waals surface area contributed by atoms with E-state index in [9.17, 15) is 8.78 Å². The Balaban J connectivity index is 1.33. The van der Waals surface area contributed by atoms with Crippen molar-refractivity contribution in [2.45, 2.75) is 45.6 Å². The summed E-state index contributed by atoms with van der Waals surface area (Å²) in [5, 5.41) is 6.90. The number of rotatable bonds is 5. The number of aryl methyl sites for hydroxylation is 1. The Bertz CT molecular complexity index is 1380. The quantitative estimate of drug-likeness (QED) is 0.492. The minimum absolute atomic E-state index is 0.186. The van der Waals surface area contributed by atoms with Crippen LogP contribution < -0.4 is 20.4 Å². The standard InChI is InChI=1S/C28H34F2N8/c1-15-9-17-11-37(21-10-16(2)32-14-33-21)12-18(15)24(17)34-27-35-25(31-5)22-26(36-27)38(13-28(22,3)4)20-8-6-7-19(29)23(20)30/h6-8,10,14-15,17-18,24H,9,11-13H2,1-5H3,(H2,31,34,35,36). The molecule has 1 saturated carbocycles. The summed E-state index contributed by atoms with van der Waals surface area (Å²) >= 11 is 0. The largest absolute Gasteiger partial charge is 0.373 e. The van der Waals surface area contributed by atoms with Crippen LogP contribution in [0.4, 0.5) is 37.9 Å². The molecule has 2 fully saturated rings. The van der Waals surface area contributed by atoms with Crippen molar-refractivity contribution in [2.24, 2.45) is 17.8 Å². The Hall–Kier alpha value is -3.56. The van der Waals surface area contributed by atoms with Crippen molar-refractivity contribution in [1.82, 2.24) is 19.9 Å². The third-order valence-corrected chi connectivity index (χ3v) is 8.50. The molecule has 0 amide bonds. The van der Waals surface area contributed by atoms with E-state index >= 15 is 0 Å². The Labute approximate surface area is 221 Å². The molecule has 2 bridgehead atoms. The van der Waals surface area contributed by atoms with Crippen LogP contribution in [-0.4, -0.2) is 52.7 Å². The van der Waals surface area contributed by atoms with E-state index in [1.54, 1.807) is 17.3 Å². The van der Waals surface area contributed by atoms with Gasteiger partial charge in [0.25, 0.3) is 0 Å². The van der Waals surface area contributed by atoms with Crippen LogP contribution >= 0.6 is 0 Å². The summed E-state index contributed by atoms with van der Waals surface area (Å²) in [5.41, 5.74) is 1.69. The summed E-state index contributed by atoms with van der Waals surface area (Å²) in [7, 11) is 1.84. The zero-order chi connectivity index (χ0) is 26.8. The highest BCUT2D eigenvalue weighted by atomic mass is 19.2. The van der Waals surface area contributed by atoms with E-state index in [1.807, 2.05) is 20.0 Å². The first-order chi connectivity index (χ1) is 18.2. The Kier molecular flexibility index (Phi) is 5.88. The predicted molar refractivity (Wildman–Crippen MR) is 145 cm³/mol. The smallest absolute Gasteiger partial charge is 0.226 e. The van der Waals surface area contributed by atoms with Crippen LogP contribution in [0.15, 0.2) is 30.6 Å². The molecular weight excluding hydrogens is 486 g/mol. The summed E-state index contributed by atoms with van der Waals surface area (Å²) in [6.45, 7) is 10.7. The lowest BCUT2D eigenvalue weighted by Crippen LogP contribution is -2.49. The number of halogens is 2. The van der Waals surface area contributed by atoms with Crippen molar-refractivity contribution in [1.29, 1.82) is 0 Å². The molecule has 0 radical (unpaired) electrons. The van der Waals surface area contributed by atoms with Crippen molar-refractivity contribution in [3.05, 3.63) is 53.5 Å². The molecule has 4 unspecified atom stereocenters. The Morgan fingerprint density at radius 1 is 1.11 bits per heavy atom. The first-order valence-electron chi connectivity index (χ1n) is 13.3. The summed E-state index contributed by atoms with van der Waals surface area (Å²) in [5.74, 6) is 2.40. The molecule has 1 aliphatic carbocycles. The van der Waals surface area contributed by atoms with Crippen LogP contribution in [0.1, 0.15) is 38.4 Å². The fraction of sp³-hybridized carbons (Fsp3) is 0.500. The van der Waals surface area contributed by atoms with E-state index in [-0.39, 0.29) is 17.1 Å². The number of hydrogen-bond donors (Lipinski definition) is 2. The average Bonchev–Trinajstić information content (AvgIpc) is 3.24. The van der Waals surface area contributed by atoms with E-state index in [0.717, 1.165) is 42.7 Å². The maximum absolute atomic E-state index is 14.9. The lowest BCUT2D eigenvalue weighted by atomic mass is 9.88. The Morgan fingerprint density at radius 2 is 1.92 bits per heavy atom. The fourth-order valence-electron chi connectivity index (χ4n) is 6.73. The average molecular weight is 521 g/mol. The highest BCUT2D eigenvalue weighted by Gasteiger charge is 2.47. The summed E-state index contributed by atoms with van der Waals surface area (Å²) < 4.78 is 29.1. The number of benzene rings is 1. The van der Waals surface area contributed by atoms with E-state index in [2.05, 4.69) is 46.3 Å². The second-order valence-electron chi connectivity index (χ2n) is 11.6. The molecule has 6 rings (SSSR count). The molecular formula is C28H34F2N8. The molecule has 3 aliphatic rings. The van der Waals surface area contributed by atoms with E-state index < -0.39 is 11.6 Å². The van der Waals surface area contributed by atoms with Crippen molar-refractivity contribution in [3.63, 3.8) is 0 Å². The van der Waals surface area contributed by atoms with Gasteiger partial charge in [0.15, 0.2) is 11.6 Å². The van der Waals surface area contributed by atoms with Crippen molar-refractivity contribution in [3.8, 4) is 0 Å². The molecule has 2 aromatic heterocycles. The van der Waals surface area contributed by atoms with Gasteiger partial charge in [0.05, 0.1) is 5.69 Å². The summed E-state index contributed by atoms with van der Waals surface area (Å²) in [4.78, 5) is 22.7. The van der Waals surface area contributed by atoms with Gasteiger partial charge in [0.1, 0.15) is 23.8 Å². The lowest BCUT2D eigenvalue weighted by Gasteiger charge is -2.39. The predicted octanol–water partition coefficient (Wildman–Crippen LogP) is 4.90. The molecule has 4 atom stereocenters. The van der Waals surface area contributed by atoms with Gasteiger partial charge in [-0.2, -0.15) is 9.97 Å². The zero-order valence-corrected chi connectivity index (χ0v) is 22.5. The summed E-state index contributed by atoms with van der Waals surface area (Å²) in [6, 6.07) is 6.52. The van der Waals surface area contributed by atoms with E-state index in [0.29, 0.717) is 41.9 Å². The van der Waals surface area contributed by atoms with E-state index in [1.165, 1.54) is 6.07 Å². The third-order valence-electron chi connectivity index (χ3n) is 8.50. The van der Waals surface area contributed by atoms with Gasteiger partial charge in [0, 0.05) is 55.5 Å². The highest BCUT2D eigenvalue weighted by molar-refractivity contribution is 5.76. The maximum Gasteiger partial charge on any atom is 0.226 e. The van der Waals surface area contributed by atoms with Crippen LogP contribution in [0.2, 0.25) is 0 Å². The molecule has 10 heteroatoms. The van der Waals surface area contributed by atoms with Gasteiger partial charge in [-0.25, -0.2) is 18.7 Å². The molecule has 3 aromatic rings. The Morgan fingerprint density at radius 3 is 2.66 bits per heavy atom. The first-order valence-corrected chi connectivity index (χ1v) is 13.3. The SMILES string of the molecule is CNc1nc(NC2C3CC(C)C2CN(c2cc(C)ncn2)C3)nc2c1C(C)(C)CN2c1cccc(F)c1F. The van der Waals surface area contributed by atoms with Gasteiger partial charge in [-0.05, 0) is 43.2 Å². The topological polar surface area (TPSA) is 82.1 Å². The molecule has 4 heterocycles. The fourth-order valence-corrected chi connectivity index (χ4v) is 6.73. The summed E-state index contributed by atoms with van der Waals surface area (Å²) in [6.07, 6.45) is 2.74. The number of nitrogens with one attached hydrogen (secondary N) is 2. The number of nitrogens with zero attached hydrogens (tertiary/aromatic N) is 6. The number of aromatic nitrogens is 4. The van der Waals surface area contributed by atoms with Crippen molar-refractivity contribution >= 4 is 29.1 Å². The number of anilines is 5. The molecule has 1 saturated heterocycles. The van der Waals surface area contributed by atoms with Gasteiger partial charge in [-0.15, -0.1) is 0 Å². The van der Waals surface area contributed by atoms with Gasteiger partial charge < -0.3 is 20.4 Å². The van der Waals surface area contributed by atoms with Crippen molar-refractivity contribution in [2.75, 3.05) is 47.1 Å². The number of piperidine rings is 1. The molecule has 1 aromatic carbocycles. The first kappa shape index (κ1) is 24.8. The minimum atomic E-state index is -0.869. The maximum atomic E-state index is 14.9. The van der Waals surface area contributed by atoms with Crippen molar-refractivity contribution < 1.29 is 8.78 Å². The lowest BCUT2D eigenvalue weighted by molar-refractivity contribution is 0.350. The zero-order valence-electron chi connectivity index (χ0n) is 22.5. The molecule has 8 nitrogen and oxygen atoms in total. The van der Waals surface area contributed by atoms with Gasteiger partial charge in [-0.3, -0.25) is 0 Å². The highest BCUT2D eigenvalue weighted by Crippen LogP contribution is 2.48. The second-order valence-corrected chi connectivity index (χ2v) is 11.6. The van der Waals surface area contributed by atoms with E-state index in [4.69, 9.17) is 9.97 Å². The molecule has 200 valence electrons. The van der Waals surface area contributed by atoms with Crippen LogP contribution in [0.3, 0.4) is 0 Å². The van der Waals surface area contributed by atoms with Crippen LogP contribution in [-0.2, 0) is 5.41 Å². The van der Waals surface area contributed by atoms with Crippen LogP contribution in [0.5, 0.6) is 0 Å². The number of hydrogen-bond acceptors (Lipinski definition) is 8. The van der Waals surface area contributed by atoms with Gasteiger partial charge in [-0.1, -0.05) is 26.8 Å². The monoisotopic (exact) mass is 520 g/mol. The van der Waals surface area contributed by atoms with Crippen LogP contribution in [0.25, 0.3) is 0 Å². The normalized spacial score (nSPS) is 25.4. The third kappa shape index (κ3) is 4.01. The van der Waals surface area contributed by atoms with Gasteiger partial charge in [0.2, 0.25) is 5.95 Å². The molecule has 38 heavy (non-hydrogen) atoms.